The van der Waals surface area contributed by atoms with Gasteiger partial charge in [0.2, 0.25) is 0 Å². The lowest BCUT2D eigenvalue weighted by Gasteiger charge is -2.07. The Morgan fingerprint density at radius 1 is 1.14 bits per heavy atom. The van der Waals surface area contributed by atoms with Gasteiger partial charge in [-0.25, -0.2) is 14.3 Å². The second-order valence-corrected chi connectivity index (χ2v) is 5.79. The number of rotatable bonds is 6. The minimum absolute atomic E-state index is 0.163. The molecule has 4 aromatic rings. The summed E-state index contributed by atoms with van der Waals surface area (Å²) in [5.74, 6) is 0.558. The van der Waals surface area contributed by atoms with Crippen LogP contribution in [0.4, 0.5) is 0 Å². The molecule has 28 heavy (non-hydrogen) atoms. The van der Waals surface area contributed by atoms with Gasteiger partial charge in [0.15, 0.2) is 17.3 Å². The van der Waals surface area contributed by atoms with Crippen LogP contribution in [-0.4, -0.2) is 42.2 Å². The fourth-order valence-electron chi connectivity index (χ4n) is 2.53. The molecule has 10 nitrogen and oxygen atoms in total. The summed E-state index contributed by atoms with van der Waals surface area (Å²) in [6.45, 7) is 0.386. The van der Waals surface area contributed by atoms with E-state index in [-0.39, 0.29) is 24.3 Å². The third kappa shape index (κ3) is 3.70. The average molecular weight is 377 g/mol. The van der Waals surface area contributed by atoms with Crippen molar-refractivity contribution >= 4 is 5.91 Å². The van der Waals surface area contributed by atoms with E-state index in [2.05, 4.69) is 25.7 Å². The Balaban J connectivity index is 1.39. The Morgan fingerprint density at radius 3 is 2.79 bits per heavy atom. The number of aromatic nitrogens is 6. The van der Waals surface area contributed by atoms with Crippen molar-refractivity contribution in [2.45, 2.75) is 6.54 Å². The average Bonchev–Trinajstić information content (AvgIpc) is 3.42. The van der Waals surface area contributed by atoms with Crippen LogP contribution in [0.15, 0.2) is 70.5 Å². The lowest BCUT2D eigenvalue weighted by atomic mass is 10.1. The zero-order valence-electron chi connectivity index (χ0n) is 14.6. The van der Waals surface area contributed by atoms with Gasteiger partial charge in [0.05, 0.1) is 6.54 Å². The highest BCUT2D eigenvalue weighted by atomic mass is 16.5. The molecule has 0 unspecified atom stereocenters. The van der Waals surface area contributed by atoms with Crippen LogP contribution in [0.1, 0.15) is 10.5 Å². The summed E-state index contributed by atoms with van der Waals surface area (Å²) in [6.07, 6.45) is 2.85. The Labute approximate surface area is 158 Å². The van der Waals surface area contributed by atoms with E-state index in [0.29, 0.717) is 11.6 Å². The van der Waals surface area contributed by atoms with Gasteiger partial charge < -0.3 is 9.84 Å². The van der Waals surface area contributed by atoms with Crippen molar-refractivity contribution in [1.29, 1.82) is 0 Å². The summed E-state index contributed by atoms with van der Waals surface area (Å²) in [6, 6.07) is 13.9. The van der Waals surface area contributed by atoms with E-state index in [9.17, 15) is 9.59 Å². The SMILES string of the molecule is O=C(NCCn1nc(-n2cncn2)ccc1=O)c1cc(-c2ccccc2)on1. The molecule has 4 rings (SSSR count). The van der Waals surface area contributed by atoms with Crippen LogP contribution in [0.5, 0.6) is 0 Å². The smallest absolute Gasteiger partial charge is 0.273 e. The van der Waals surface area contributed by atoms with Crippen LogP contribution < -0.4 is 10.9 Å². The fourth-order valence-corrected chi connectivity index (χ4v) is 2.53. The first-order valence-corrected chi connectivity index (χ1v) is 8.44. The maximum absolute atomic E-state index is 12.3. The molecular formula is C18H15N7O3. The molecule has 0 saturated carbocycles. The highest BCUT2D eigenvalue weighted by Gasteiger charge is 2.13. The molecule has 0 atom stereocenters. The van der Waals surface area contributed by atoms with Gasteiger partial charge in [-0.05, 0) is 6.07 Å². The minimum atomic E-state index is -0.397. The van der Waals surface area contributed by atoms with Crippen LogP contribution in [0.3, 0.4) is 0 Å². The van der Waals surface area contributed by atoms with E-state index in [1.807, 2.05) is 30.3 Å². The summed E-state index contributed by atoms with van der Waals surface area (Å²) < 4.78 is 7.90. The number of hydrogen-bond donors (Lipinski definition) is 1. The van der Waals surface area contributed by atoms with Crippen molar-refractivity contribution < 1.29 is 9.32 Å². The third-order valence-corrected chi connectivity index (χ3v) is 3.92. The molecule has 0 bridgehead atoms. The van der Waals surface area contributed by atoms with Gasteiger partial charge in [-0.1, -0.05) is 35.5 Å². The molecule has 140 valence electrons. The first-order chi connectivity index (χ1) is 13.7. The van der Waals surface area contributed by atoms with Gasteiger partial charge in [0.1, 0.15) is 12.7 Å². The number of hydrogen-bond acceptors (Lipinski definition) is 7. The van der Waals surface area contributed by atoms with Crippen LogP contribution in [-0.2, 0) is 6.54 Å². The van der Waals surface area contributed by atoms with E-state index in [0.717, 1.165) is 5.56 Å². The van der Waals surface area contributed by atoms with Crippen molar-refractivity contribution in [2.75, 3.05) is 6.54 Å². The lowest BCUT2D eigenvalue weighted by Crippen LogP contribution is -2.32. The van der Waals surface area contributed by atoms with Gasteiger partial charge in [-0.2, -0.15) is 5.10 Å². The predicted octanol–water partition coefficient (Wildman–Crippen LogP) is 0.909. The van der Waals surface area contributed by atoms with Gasteiger partial charge in [0, 0.05) is 24.2 Å². The molecule has 0 radical (unpaired) electrons. The van der Waals surface area contributed by atoms with E-state index in [1.165, 1.54) is 28.1 Å². The summed E-state index contributed by atoms with van der Waals surface area (Å²) in [7, 11) is 0. The number of carbonyl (C=O) groups is 1. The number of carbonyl (C=O) groups excluding carboxylic acids is 1. The molecule has 1 N–H and O–H groups in total. The van der Waals surface area contributed by atoms with Crippen molar-refractivity contribution in [3.8, 4) is 17.1 Å². The van der Waals surface area contributed by atoms with Crippen molar-refractivity contribution in [3.63, 3.8) is 0 Å². The molecule has 3 heterocycles. The fraction of sp³-hybridized carbons (Fsp3) is 0.111. The van der Waals surface area contributed by atoms with Crippen LogP contribution in [0.2, 0.25) is 0 Å². The standard InChI is InChI=1S/C18H15N7O3/c26-17-7-6-16(25-12-19-11-21-25)22-24(17)9-8-20-18(27)14-10-15(28-23-14)13-4-2-1-3-5-13/h1-7,10-12H,8-9H2,(H,20,27). The van der Waals surface area contributed by atoms with Crippen LogP contribution >= 0.6 is 0 Å². The highest BCUT2D eigenvalue weighted by molar-refractivity contribution is 5.93. The van der Waals surface area contributed by atoms with Crippen molar-refractivity contribution in [3.05, 3.63) is 77.2 Å². The molecule has 0 aliphatic heterocycles. The topological polar surface area (TPSA) is 121 Å². The van der Waals surface area contributed by atoms with E-state index >= 15 is 0 Å². The zero-order valence-corrected chi connectivity index (χ0v) is 14.6. The molecule has 0 fully saturated rings. The van der Waals surface area contributed by atoms with Gasteiger partial charge in [0.25, 0.3) is 11.5 Å². The van der Waals surface area contributed by atoms with Gasteiger partial charge in [-0.3, -0.25) is 9.59 Å². The first kappa shape index (κ1) is 17.3. The van der Waals surface area contributed by atoms with E-state index < -0.39 is 5.91 Å². The van der Waals surface area contributed by atoms with Crippen LogP contribution in [0.25, 0.3) is 17.1 Å². The second-order valence-electron chi connectivity index (χ2n) is 5.79. The Bertz CT molecular complexity index is 1130. The number of nitrogens with zero attached hydrogens (tertiary/aromatic N) is 6. The molecule has 0 aliphatic rings. The van der Waals surface area contributed by atoms with E-state index in [4.69, 9.17) is 4.52 Å². The molecule has 3 aromatic heterocycles. The summed E-state index contributed by atoms with van der Waals surface area (Å²) in [5, 5.41) is 14.7. The molecular weight excluding hydrogens is 362 g/mol. The van der Waals surface area contributed by atoms with Crippen molar-refractivity contribution in [1.82, 2.24) is 35.0 Å². The molecule has 10 heteroatoms. The third-order valence-electron chi connectivity index (χ3n) is 3.92. The minimum Gasteiger partial charge on any atom is -0.355 e. The Kier molecular flexibility index (Phi) is 4.74. The second kappa shape index (κ2) is 7.66. The number of amides is 1. The maximum atomic E-state index is 12.3. The number of benzene rings is 1. The monoisotopic (exact) mass is 377 g/mol. The van der Waals surface area contributed by atoms with Crippen LogP contribution in [0, 0.1) is 0 Å². The summed E-state index contributed by atoms with van der Waals surface area (Å²) in [4.78, 5) is 28.1. The molecule has 0 aliphatic carbocycles. The largest absolute Gasteiger partial charge is 0.355 e. The highest BCUT2D eigenvalue weighted by Crippen LogP contribution is 2.19. The summed E-state index contributed by atoms with van der Waals surface area (Å²) >= 11 is 0. The lowest BCUT2D eigenvalue weighted by molar-refractivity contribution is 0.0943. The first-order valence-electron chi connectivity index (χ1n) is 8.44. The summed E-state index contributed by atoms with van der Waals surface area (Å²) in [5.41, 5.74) is 0.705. The van der Waals surface area contributed by atoms with Crippen molar-refractivity contribution in [2.24, 2.45) is 0 Å². The molecule has 0 saturated heterocycles. The van der Waals surface area contributed by atoms with Gasteiger partial charge >= 0.3 is 0 Å². The normalized spacial score (nSPS) is 10.7. The van der Waals surface area contributed by atoms with E-state index in [1.54, 1.807) is 12.1 Å². The Hall–Kier alpha value is -4.08. The quantitative estimate of drug-likeness (QED) is 0.530. The zero-order chi connectivity index (χ0) is 19.3. The molecule has 1 aromatic carbocycles. The Morgan fingerprint density at radius 2 is 2.00 bits per heavy atom. The molecule has 1 amide bonds. The van der Waals surface area contributed by atoms with Gasteiger partial charge in [-0.15, -0.1) is 5.10 Å². The molecule has 0 spiro atoms. The number of nitrogens with one attached hydrogen (secondary N) is 1. The predicted molar refractivity (Wildman–Crippen MR) is 97.7 cm³/mol. The maximum Gasteiger partial charge on any atom is 0.273 e.